The van der Waals surface area contributed by atoms with Gasteiger partial charge in [-0.05, 0) is 49.4 Å². The molecule has 3 N–H and O–H groups in total. The van der Waals surface area contributed by atoms with E-state index in [0.717, 1.165) is 0 Å². The van der Waals surface area contributed by atoms with Crippen LogP contribution in [-0.4, -0.2) is 46.1 Å². The van der Waals surface area contributed by atoms with E-state index >= 15 is 0 Å². The number of nitrogens with zero attached hydrogens (tertiary/aromatic N) is 4. The predicted molar refractivity (Wildman–Crippen MR) is 130 cm³/mol. The molecule has 0 spiro atoms. The molecule has 0 radical (unpaired) electrons. The van der Waals surface area contributed by atoms with Crippen LogP contribution in [0.1, 0.15) is 51.0 Å². The Hall–Kier alpha value is -5.20. The molecule has 192 valence electrons. The van der Waals surface area contributed by atoms with Crippen LogP contribution < -0.4 is 10.6 Å². The van der Waals surface area contributed by atoms with Crippen molar-refractivity contribution in [1.82, 2.24) is 15.3 Å². The van der Waals surface area contributed by atoms with Crippen molar-refractivity contribution in [3.63, 3.8) is 0 Å². The van der Waals surface area contributed by atoms with E-state index in [2.05, 4.69) is 20.6 Å². The summed E-state index contributed by atoms with van der Waals surface area (Å²) in [7, 11) is 0. The number of carbonyl (C=O) groups is 3. The van der Waals surface area contributed by atoms with Crippen molar-refractivity contribution in [3.05, 3.63) is 88.8 Å². The summed E-state index contributed by atoms with van der Waals surface area (Å²) >= 11 is 0. The zero-order valence-corrected chi connectivity index (χ0v) is 20.1. The smallest absolute Gasteiger partial charge is 0.354 e. The number of anilines is 1. The lowest BCUT2D eigenvalue weighted by Gasteiger charge is -2.29. The van der Waals surface area contributed by atoms with Crippen LogP contribution in [0.15, 0.2) is 54.9 Å². The number of ether oxygens (including phenoxy) is 1. The second-order valence-electron chi connectivity index (χ2n) is 8.22. The van der Waals surface area contributed by atoms with E-state index in [0.29, 0.717) is 16.8 Å². The van der Waals surface area contributed by atoms with Crippen LogP contribution in [0.4, 0.5) is 10.1 Å². The normalized spacial score (nSPS) is 16.4. The van der Waals surface area contributed by atoms with Gasteiger partial charge in [0.2, 0.25) is 5.91 Å². The van der Waals surface area contributed by atoms with E-state index in [9.17, 15) is 18.8 Å². The first-order chi connectivity index (χ1) is 18.1. The Morgan fingerprint density at radius 2 is 1.71 bits per heavy atom. The molecule has 1 fully saturated rings. The number of hydrogen-bond acceptors (Lipinski definition) is 8. The summed E-state index contributed by atoms with van der Waals surface area (Å²) in [5.41, 5.74) is 0.278. The van der Waals surface area contributed by atoms with Crippen LogP contribution in [-0.2, 0) is 15.1 Å². The molecule has 11 nitrogen and oxygen atoms in total. The summed E-state index contributed by atoms with van der Waals surface area (Å²) in [6, 6.07) is 13.5. The van der Waals surface area contributed by atoms with Crippen LogP contribution in [0.5, 0.6) is 0 Å². The fraction of sp³-hybridized carbons (Fsp3) is 0.192. The Morgan fingerprint density at radius 1 is 1.08 bits per heavy atom. The van der Waals surface area contributed by atoms with Crippen molar-refractivity contribution in [2.75, 3.05) is 18.5 Å². The van der Waals surface area contributed by atoms with Gasteiger partial charge in [0.25, 0.3) is 5.91 Å². The molecule has 1 aliphatic rings. The Labute approximate surface area is 216 Å². The molecule has 0 aliphatic carbocycles. The average molecular weight is 516 g/mol. The molecule has 0 unspecified atom stereocenters. The van der Waals surface area contributed by atoms with Gasteiger partial charge in [-0.2, -0.15) is 10.5 Å². The first kappa shape index (κ1) is 27.4. The Bertz CT molecular complexity index is 1430. The number of aromatic carboxylic acids is 1. The highest BCUT2D eigenvalue weighted by Crippen LogP contribution is 2.28. The number of carboxylic acid groups (broad SMARTS) is 1. The van der Waals surface area contributed by atoms with Crippen LogP contribution >= 0.6 is 0 Å². The zero-order chi connectivity index (χ0) is 27.7. The largest absolute Gasteiger partial charge is 0.477 e. The summed E-state index contributed by atoms with van der Waals surface area (Å²) in [5, 5.41) is 30.9. The molecule has 38 heavy (non-hydrogen) atoms. The van der Waals surface area contributed by atoms with Gasteiger partial charge in [0.15, 0.2) is 0 Å². The van der Waals surface area contributed by atoms with Gasteiger partial charge in [-0.15, -0.1) is 0 Å². The second kappa shape index (κ2) is 12.2. The number of amides is 2. The number of carboxylic acids is 1. The molecule has 3 heterocycles. The van der Waals surface area contributed by atoms with Gasteiger partial charge < -0.3 is 20.5 Å². The predicted octanol–water partition coefficient (Wildman–Crippen LogP) is 2.75. The topological polar surface area (TPSA) is 178 Å². The summed E-state index contributed by atoms with van der Waals surface area (Å²) in [6.45, 7) is 2.05. The molecule has 2 aromatic heterocycles. The van der Waals surface area contributed by atoms with Gasteiger partial charge >= 0.3 is 5.97 Å². The summed E-state index contributed by atoms with van der Waals surface area (Å²) in [6.07, 6.45) is 2.73. The number of halogens is 1. The third kappa shape index (κ3) is 6.94. The quantitative estimate of drug-likeness (QED) is 0.470. The summed E-state index contributed by atoms with van der Waals surface area (Å²) < 4.78 is 19.9. The number of pyridine rings is 2. The number of rotatable bonds is 4. The minimum absolute atomic E-state index is 0.0519. The lowest BCUT2D eigenvalue weighted by Crippen LogP contribution is -2.45. The number of benzene rings is 1. The fourth-order valence-electron chi connectivity index (χ4n) is 3.39. The maximum Gasteiger partial charge on any atom is 0.354 e. The van der Waals surface area contributed by atoms with Crippen LogP contribution in [0, 0.1) is 28.5 Å². The lowest BCUT2D eigenvalue weighted by atomic mass is 9.91. The number of nitrogens with one attached hydrogen (secondary N) is 2. The highest BCUT2D eigenvalue weighted by atomic mass is 19.1. The maximum absolute atomic E-state index is 14.4. The van der Waals surface area contributed by atoms with E-state index < -0.39 is 23.2 Å². The van der Waals surface area contributed by atoms with Gasteiger partial charge in [-0.25, -0.2) is 19.2 Å². The Kier molecular flexibility index (Phi) is 8.77. The van der Waals surface area contributed by atoms with E-state index in [1.807, 2.05) is 12.1 Å². The number of nitriles is 2. The van der Waals surface area contributed by atoms with E-state index in [4.69, 9.17) is 20.4 Å². The van der Waals surface area contributed by atoms with Gasteiger partial charge in [0.05, 0.1) is 29.9 Å². The van der Waals surface area contributed by atoms with Gasteiger partial charge in [-0.3, -0.25) is 9.59 Å². The van der Waals surface area contributed by atoms with E-state index in [1.54, 1.807) is 6.92 Å². The number of carbonyl (C=O) groups excluding carboxylic acids is 2. The molecule has 1 aromatic carbocycles. The third-order valence-corrected chi connectivity index (χ3v) is 5.34. The lowest BCUT2D eigenvalue weighted by molar-refractivity contribution is -0.122. The van der Waals surface area contributed by atoms with Crippen molar-refractivity contribution in [2.45, 2.75) is 18.9 Å². The molecule has 1 atom stereocenters. The molecular formula is C26H21FN6O5. The molecule has 0 saturated carbocycles. The Morgan fingerprint density at radius 3 is 2.26 bits per heavy atom. The summed E-state index contributed by atoms with van der Waals surface area (Å²) in [5.74, 6) is -2.33. The fourth-order valence-corrected chi connectivity index (χ4v) is 3.39. The second-order valence-corrected chi connectivity index (χ2v) is 8.22. The molecule has 4 rings (SSSR count). The first-order valence-corrected chi connectivity index (χ1v) is 11.1. The van der Waals surface area contributed by atoms with E-state index in [1.165, 1.54) is 54.9 Å². The van der Waals surface area contributed by atoms with Crippen LogP contribution in [0.3, 0.4) is 0 Å². The minimum atomic E-state index is -1.09. The molecule has 2 amide bonds. The highest BCUT2D eigenvalue weighted by Gasteiger charge is 2.34. The molecule has 1 aliphatic heterocycles. The zero-order valence-electron chi connectivity index (χ0n) is 20.1. The van der Waals surface area contributed by atoms with Crippen molar-refractivity contribution in [1.29, 1.82) is 10.5 Å². The summed E-state index contributed by atoms with van der Waals surface area (Å²) in [4.78, 5) is 41.9. The monoisotopic (exact) mass is 516 g/mol. The molecule has 3 aromatic rings. The highest BCUT2D eigenvalue weighted by molar-refractivity contribution is 6.02. The number of hydrogen-bond donors (Lipinski definition) is 3. The van der Waals surface area contributed by atoms with E-state index in [-0.39, 0.29) is 42.5 Å². The average Bonchev–Trinajstić information content (AvgIpc) is 3.10. The van der Waals surface area contributed by atoms with Crippen LogP contribution in [0.2, 0.25) is 0 Å². The Balaban J connectivity index is 0.000000304. The first-order valence-electron chi connectivity index (χ1n) is 11.1. The van der Waals surface area contributed by atoms with Gasteiger partial charge in [0, 0.05) is 30.1 Å². The van der Waals surface area contributed by atoms with Crippen molar-refractivity contribution in [2.24, 2.45) is 0 Å². The third-order valence-electron chi connectivity index (χ3n) is 5.34. The minimum Gasteiger partial charge on any atom is -0.477 e. The SMILES string of the molecule is C[C@@]1(c2cc(NC(=O)c3ccc(C#N)cn3)ccc2F)COCCC(=O)N1.N#Cc1ccc(C(=O)O)nc1. The molecule has 1 saturated heterocycles. The maximum atomic E-state index is 14.4. The van der Waals surface area contributed by atoms with Crippen molar-refractivity contribution < 1.29 is 28.6 Å². The number of aromatic nitrogens is 2. The molecular weight excluding hydrogens is 495 g/mol. The van der Waals surface area contributed by atoms with Crippen LogP contribution in [0.25, 0.3) is 0 Å². The molecule has 0 bridgehead atoms. The molecule has 12 heteroatoms. The van der Waals surface area contributed by atoms with Gasteiger partial charge in [0.1, 0.15) is 29.3 Å². The van der Waals surface area contributed by atoms with Crippen molar-refractivity contribution in [3.8, 4) is 12.1 Å². The standard InChI is InChI=1S/C19H17FN4O3.C7H4N2O2/c1-19(11-27-7-6-17(25)24-19)14-8-13(3-4-15(14)20)23-18(26)16-5-2-12(9-21)10-22-16;8-3-5-1-2-6(7(10)11)9-4-5/h2-5,8,10H,6-7,11H2,1H3,(H,23,26)(H,24,25);1-2,4H,(H,10,11)/t19-;/m0./s1. The van der Waals surface area contributed by atoms with Crippen molar-refractivity contribution >= 4 is 23.5 Å². The van der Waals surface area contributed by atoms with Gasteiger partial charge in [-0.1, -0.05) is 0 Å².